The van der Waals surface area contributed by atoms with E-state index < -0.39 is 0 Å². The van der Waals surface area contributed by atoms with Crippen LogP contribution in [0.4, 0.5) is 10.8 Å². The number of thiocarbonyl (C=S) groups is 1. The molecule has 4 rings (SSSR count). The van der Waals surface area contributed by atoms with E-state index in [4.69, 9.17) is 12.2 Å². The molecule has 0 fully saturated rings. The van der Waals surface area contributed by atoms with E-state index in [0.29, 0.717) is 21.5 Å². The summed E-state index contributed by atoms with van der Waals surface area (Å²) in [6, 6.07) is 18.8. The largest absolute Gasteiger partial charge is 0.507 e. The maximum atomic E-state index is 10.5. The Kier molecular flexibility index (Phi) is 4.46. The number of aromatic nitrogens is 1. The van der Waals surface area contributed by atoms with Gasteiger partial charge in [0.2, 0.25) is 10.2 Å². The molecule has 2 aliphatic rings. The number of fused-ring (bicyclic) bond motifs is 3. The molecule has 0 spiro atoms. The molecule has 1 aliphatic heterocycles. The maximum Gasteiger partial charge on any atom is 0.231 e. The molecule has 6 nitrogen and oxygen atoms in total. The van der Waals surface area contributed by atoms with Gasteiger partial charge in [0, 0.05) is 16.5 Å². The van der Waals surface area contributed by atoms with Crippen molar-refractivity contribution in [2.45, 2.75) is 0 Å². The predicted molar refractivity (Wildman–Crippen MR) is 110 cm³/mol. The van der Waals surface area contributed by atoms with Crippen LogP contribution in [0.15, 0.2) is 64.8 Å². The van der Waals surface area contributed by atoms with E-state index in [1.807, 2.05) is 48.5 Å². The van der Waals surface area contributed by atoms with Gasteiger partial charge in [-0.3, -0.25) is 0 Å². The third-order valence-electron chi connectivity index (χ3n) is 3.89. The van der Waals surface area contributed by atoms with Crippen LogP contribution in [-0.4, -0.2) is 15.2 Å². The van der Waals surface area contributed by atoms with Crippen molar-refractivity contribution in [2.24, 2.45) is 10.2 Å². The van der Waals surface area contributed by atoms with Crippen LogP contribution in [0.25, 0.3) is 22.0 Å². The van der Waals surface area contributed by atoms with E-state index in [9.17, 15) is 10.4 Å². The molecule has 1 aliphatic carbocycles. The van der Waals surface area contributed by atoms with E-state index in [2.05, 4.69) is 26.6 Å². The van der Waals surface area contributed by atoms with E-state index in [0.717, 1.165) is 22.4 Å². The zero-order valence-electron chi connectivity index (χ0n) is 13.7. The summed E-state index contributed by atoms with van der Waals surface area (Å²) in [5, 5.41) is 32.8. The number of hydrogen-bond acceptors (Lipinski definition) is 6. The fourth-order valence-corrected chi connectivity index (χ4v) is 3.65. The van der Waals surface area contributed by atoms with Crippen molar-refractivity contribution in [2.75, 3.05) is 5.32 Å². The van der Waals surface area contributed by atoms with Gasteiger partial charge in [-0.25, -0.2) is 4.98 Å². The summed E-state index contributed by atoms with van der Waals surface area (Å²) in [6.45, 7) is 0. The summed E-state index contributed by atoms with van der Waals surface area (Å²) in [6.07, 6.45) is 0. The van der Waals surface area contributed by atoms with Crippen LogP contribution in [0.1, 0.15) is 4.88 Å². The number of anilines is 1. The highest BCUT2D eigenvalue weighted by Gasteiger charge is 2.24. The minimum atomic E-state index is 0.0608. The van der Waals surface area contributed by atoms with Crippen LogP contribution in [0.2, 0.25) is 0 Å². The lowest BCUT2D eigenvalue weighted by Crippen LogP contribution is -2.04. The Morgan fingerprint density at radius 2 is 1.81 bits per heavy atom. The van der Waals surface area contributed by atoms with E-state index in [1.54, 1.807) is 6.07 Å². The Bertz CT molecular complexity index is 1190. The van der Waals surface area contributed by atoms with Gasteiger partial charge in [0.15, 0.2) is 0 Å². The van der Waals surface area contributed by atoms with Crippen molar-refractivity contribution in [3.8, 4) is 23.1 Å². The van der Waals surface area contributed by atoms with Crippen LogP contribution >= 0.6 is 23.6 Å². The molecule has 0 radical (unpaired) electrons. The number of nitrogens with zero attached hydrogens (tertiary/aromatic N) is 4. The second-order valence-electron chi connectivity index (χ2n) is 5.55. The molecule has 27 heavy (non-hydrogen) atoms. The lowest BCUT2D eigenvalue weighted by Gasteiger charge is -2.04. The van der Waals surface area contributed by atoms with Crippen LogP contribution < -0.4 is 5.32 Å². The van der Waals surface area contributed by atoms with Gasteiger partial charge in [0.1, 0.15) is 16.7 Å². The number of benzene rings is 2. The Morgan fingerprint density at radius 3 is 2.56 bits per heavy atom. The maximum absolute atomic E-state index is 10.5. The van der Waals surface area contributed by atoms with Crippen molar-refractivity contribution >= 4 is 50.3 Å². The Hall–Kier alpha value is -3.41. The van der Waals surface area contributed by atoms with E-state index in [-0.39, 0.29) is 16.0 Å². The van der Waals surface area contributed by atoms with Crippen LogP contribution in [0.3, 0.4) is 0 Å². The summed E-state index contributed by atoms with van der Waals surface area (Å²) in [5.74, 6) is 0.0608. The first kappa shape index (κ1) is 17.0. The molecule has 0 aromatic heterocycles. The third kappa shape index (κ3) is 3.21. The Morgan fingerprint density at radius 1 is 1.11 bits per heavy atom. The molecule has 0 amide bonds. The van der Waals surface area contributed by atoms with Crippen LogP contribution in [0, 0.1) is 11.3 Å². The van der Waals surface area contributed by atoms with Gasteiger partial charge in [0.05, 0.1) is 11.3 Å². The van der Waals surface area contributed by atoms with Gasteiger partial charge >= 0.3 is 0 Å². The van der Waals surface area contributed by atoms with Crippen LogP contribution in [0.5, 0.6) is 5.75 Å². The third-order valence-corrected chi connectivity index (χ3v) is 4.93. The zero-order valence-corrected chi connectivity index (χ0v) is 15.4. The predicted octanol–water partition coefficient (Wildman–Crippen LogP) is 5.46. The second-order valence-corrected chi connectivity index (χ2v) is 6.92. The van der Waals surface area contributed by atoms with Crippen molar-refractivity contribution in [3.63, 3.8) is 0 Å². The molecule has 0 saturated heterocycles. The number of azo groups is 1. The first-order valence-corrected chi connectivity index (χ1v) is 9.12. The molecular weight excluding hydrogens is 378 g/mol. The summed E-state index contributed by atoms with van der Waals surface area (Å²) in [5.41, 5.74) is 1.76. The number of nitriles is 1. The van der Waals surface area contributed by atoms with Crippen molar-refractivity contribution in [1.29, 1.82) is 5.26 Å². The van der Waals surface area contributed by atoms with Gasteiger partial charge in [-0.2, -0.15) is 5.26 Å². The minimum Gasteiger partial charge on any atom is -0.507 e. The molecule has 0 atom stereocenters. The molecule has 130 valence electrons. The molecule has 0 bridgehead atoms. The zero-order chi connectivity index (χ0) is 18.8. The van der Waals surface area contributed by atoms with Crippen LogP contribution in [-0.2, 0) is 0 Å². The van der Waals surface area contributed by atoms with Gasteiger partial charge < -0.3 is 10.4 Å². The average molecular weight is 389 g/mol. The molecule has 2 aromatic rings. The van der Waals surface area contributed by atoms with Crippen molar-refractivity contribution < 1.29 is 5.11 Å². The number of aromatic hydroxyl groups is 1. The average Bonchev–Trinajstić information content (AvgIpc) is 2.99. The molecule has 2 N–H and O–H groups in total. The molecule has 1 heterocycles. The topological polar surface area (TPSA) is 93.7 Å². The fraction of sp³-hybridized carbons (Fsp3) is 0. The Labute approximate surface area is 163 Å². The number of hydrogen-bond donors (Lipinski definition) is 2. The minimum absolute atomic E-state index is 0.0608. The smallest absolute Gasteiger partial charge is 0.231 e. The highest BCUT2D eigenvalue weighted by molar-refractivity contribution is 7.80. The number of para-hydroxylation sites is 1. The number of nitrogens with one attached hydrogen (secondary N) is 1. The van der Waals surface area contributed by atoms with Gasteiger partial charge in [-0.1, -0.05) is 53.8 Å². The lowest BCUT2D eigenvalue weighted by molar-refractivity contribution is 0.484. The standard InChI is InChI=1S/C19H11N5OS2/c20-10-14-15-16(12-8-4-5-9-13(12)17(15)25)22-19(27-14)24-23-18(26)21-11-6-2-1-3-7-11/h1-9,25H,(H,21,26)/b24-23-. The highest BCUT2D eigenvalue weighted by Crippen LogP contribution is 2.47. The summed E-state index contributed by atoms with van der Waals surface area (Å²) >= 11 is 6.22. The summed E-state index contributed by atoms with van der Waals surface area (Å²) in [4.78, 5) is 4.80. The molecule has 2 aromatic carbocycles. The fourth-order valence-electron chi connectivity index (χ4n) is 2.75. The summed E-state index contributed by atoms with van der Waals surface area (Å²) < 4.78 is 0. The summed E-state index contributed by atoms with van der Waals surface area (Å²) in [7, 11) is 0. The SMILES string of the molecule is N#Cc1sc(/N=N\C(=S)Nc2ccccc2)nc2c3ccccc3c(O)c1-2. The van der Waals surface area contributed by atoms with Gasteiger partial charge in [-0.05, 0) is 24.4 Å². The van der Waals surface area contributed by atoms with Crippen molar-refractivity contribution in [3.05, 3.63) is 59.5 Å². The quantitative estimate of drug-likeness (QED) is 0.351. The molecule has 0 unspecified atom stereocenters. The number of rotatable bonds is 2. The lowest BCUT2D eigenvalue weighted by atomic mass is 10.2. The second kappa shape index (κ2) is 7.07. The highest BCUT2D eigenvalue weighted by atomic mass is 32.1. The first-order chi connectivity index (χ1) is 13.2. The first-order valence-electron chi connectivity index (χ1n) is 7.89. The molecule has 8 heteroatoms. The molecule has 0 saturated carbocycles. The van der Waals surface area contributed by atoms with E-state index >= 15 is 0 Å². The van der Waals surface area contributed by atoms with Gasteiger partial charge in [0.25, 0.3) is 0 Å². The monoisotopic (exact) mass is 389 g/mol. The Balaban J connectivity index is 1.72. The normalized spacial score (nSPS) is 11.1. The van der Waals surface area contributed by atoms with Gasteiger partial charge in [-0.15, -0.1) is 10.2 Å². The molecular formula is C19H11N5OS2. The van der Waals surface area contributed by atoms with E-state index in [1.165, 1.54) is 0 Å². The van der Waals surface area contributed by atoms with Crippen molar-refractivity contribution in [1.82, 2.24) is 4.98 Å².